The van der Waals surface area contributed by atoms with Crippen molar-refractivity contribution in [3.05, 3.63) is 144 Å². The Morgan fingerprint density at radius 2 is 0.851 bits per heavy atom. The lowest BCUT2D eigenvalue weighted by Gasteiger charge is -2.38. The number of hydrogen-bond donors (Lipinski definition) is 0. The van der Waals surface area contributed by atoms with Crippen LogP contribution in [-0.2, 0) is 32.2 Å². The molecule has 2 unspecified atom stereocenters. The summed E-state index contributed by atoms with van der Waals surface area (Å²) < 4.78 is 10.4. The molecule has 4 rings (SSSR count). The average molecular weight is 635 g/mol. The van der Waals surface area contributed by atoms with Crippen LogP contribution >= 0.6 is 0 Å². The minimum absolute atomic E-state index is 0.0641. The highest BCUT2D eigenvalue weighted by Crippen LogP contribution is 2.32. The van der Waals surface area contributed by atoms with Gasteiger partial charge in [0.25, 0.3) is 0 Å². The summed E-state index contributed by atoms with van der Waals surface area (Å²) in [5.74, 6) is -0.439. The van der Waals surface area contributed by atoms with Gasteiger partial charge in [0, 0.05) is 37.3 Å². The number of carbonyl (C=O) groups excluding carboxylic acids is 2. The first-order valence-electron chi connectivity index (χ1n) is 16.7. The van der Waals surface area contributed by atoms with Crippen LogP contribution in [0.4, 0.5) is 0 Å². The molecule has 6 nitrogen and oxygen atoms in total. The van der Waals surface area contributed by atoms with Gasteiger partial charge in [-0.05, 0) is 48.9 Å². The van der Waals surface area contributed by atoms with Gasteiger partial charge < -0.3 is 9.47 Å². The number of esters is 2. The third kappa shape index (κ3) is 10.9. The van der Waals surface area contributed by atoms with E-state index in [0.29, 0.717) is 13.1 Å². The molecule has 0 aliphatic rings. The van der Waals surface area contributed by atoms with Crippen LogP contribution in [-0.4, -0.2) is 48.0 Å². The normalized spacial score (nSPS) is 13.9. The second kappa shape index (κ2) is 18.8. The zero-order valence-electron chi connectivity index (χ0n) is 28.3. The number of benzene rings is 4. The van der Waals surface area contributed by atoms with Crippen LogP contribution in [0, 0.1) is 0 Å². The van der Waals surface area contributed by atoms with Gasteiger partial charge in [0.05, 0.1) is 27.1 Å². The van der Waals surface area contributed by atoms with Gasteiger partial charge in [-0.1, -0.05) is 128 Å². The maximum Gasteiger partial charge on any atom is 0.307 e. The fourth-order valence-electron chi connectivity index (χ4n) is 6.51. The maximum absolute atomic E-state index is 12.9. The van der Waals surface area contributed by atoms with Crippen LogP contribution < -0.4 is 0 Å². The highest BCUT2D eigenvalue weighted by Gasteiger charge is 2.30. The van der Waals surface area contributed by atoms with Gasteiger partial charge in [-0.2, -0.15) is 0 Å². The van der Waals surface area contributed by atoms with E-state index in [0.717, 1.165) is 19.3 Å². The third-order valence-electron chi connectivity index (χ3n) is 9.25. The van der Waals surface area contributed by atoms with Crippen molar-refractivity contribution in [2.24, 2.45) is 0 Å². The molecule has 0 spiro atoms. The molecule has 0 heterocycles. The van der Waals surface area contributed by atoms with Gasteiger partial charge in [0.1, 0.15) is 0 Å². The lowest BCUT2D eigenvalue weighted by Crippen LogP contribution is -2.40. The van der Waals surface area contributed by atoms with E-state index in [4.69, 9.17) is 9.47 Å². The minimum Gasteiger partial charge on any atom is -0.469 e. The van der Waals surface area contributed by atoms with E-state index in [2.05, 4.69) is 121 Å². The molecule has 4 atom stereocenters. The van der Waals surface area contributed by atoms with E-state index in [-0.39, 0.29) is 48.9 Å². The highest BCUT2D eigenvalue weighted by molar-refractivity contribution is 5.70. The van der Waals surface area contributed by atoms with Crippen molar-refractivity contribution in [1.82, 2.24) is 9.80 Å². The topological polar surface area (TPSA) is 59.1 Å². The van der Waals surface area contributed by atoms with Crippen molar-refractivity contribution in [2.75, 3.05) is 14.2 Å². The number of nitrogens with zero attached hydrogens (tertiary/aromatic N) is 2. The molecule has 0 aromatic heterocycles. The number of carbonyl (C=O) groups is 2. The summed E-state index contributed by atoms with van der Waals surface area (Å²) in [5.41, 5.74) is 4.79. The molecule has 0 saturated heterocycles. The van der Waals surface area contributed by atoms with Crippen molar-refractivity contribution in [3.63, 3.8) is 0 Å². The molecule has 0 radical (unpaired) electrons. The Morgan fingerprint density at radius 3 is 1.17 bits per heavy atom. The van der Waals surface area contributed by atoms with E-state index in [1.165, 1.54) is 36.5 Å². The van der Waals surface area contributed by atoms with Gasteiger partial charge in [-0.3, -0.25) is 19.4 Å². The van der Waals surface area contributed by atoms with E-state index in [1.54, 1.807) is 0 Å². The monoisotopic (exact) mass is 634 g/mol. The van der Waals surface area contributed by atoms with Crippen LogP contribution in [0.15, 0.2) is 121 Å². The molecule has 248 valence electrons. The summed E-state index contributed by atoms with van der Waals surface area (Å²) in [5, 5.41) is 0. The molecule has 0 amide bonds. The van der Waals surface area contributed by atoms with E-state index in [9.17, 15) is 9.59 Å². The fourth-order valence-corrected chi connectivity index (χ4v) is 6.51. The second-order valence-corrected chi connectivity index (χ2v) is 12.3. The summed E-state index contributed by atoms with van der Waals surface area (Å²) in [6.45, 7) is 5.84. The molecule has 47 heavy (non-hydrogen) atoms. The first-order chi connectivity index (χ1) is 22.9. The Bertz CT molecular complexity index is 1350. The molecule has 4 aromatic rings. The van der Waals surface area contributed by atoms with Gasteiger partial charge in [-0.15, -0.1) is 0 Å². The lowest BCUT2D eigenvalue weighted by atomic mass is 9.94. The quantitative estimate of drug-likeness (QED) is 0.102. The SMILES string of the molecule is COC(=O)CC(CCCC(CC(=O)OC)N(Cc1ccccc1)[C@@H](C)c1ccccc1)N(Cc1ccccc1)[C@H](C)c1ccccc1. The molecule has 0 aliphatic carbocycles. The lowest BCUT2D eigenvalue weighted by molar-refractivity contribution is -0.143. The second-order valence-electron chi connectivity index (χ2n) is 12.3. The number of ether oxygens (including phenoxy) is 2. The highest BCUT2D eigenvalue weighted by atomic mass is 16.5. The molecule has 0 aliphatic heterocycles. The first-order valence-corrected chi connectivity index (χ1v) is 16.7. The van der Waals surface area contributed by atoms with Crippen LogP contribution in [0.2, 0.25) is 0 Å². The molecule has 0 bridgehead atoms. The van der Waals surface area contributed by atoms with Crippen molar-refractivity contribution in [3.8, 4) is 0 Å². The zero-order valence-corrected chi connectivity index (χ0v) is 28.3. The van der Waals surface area contributed by atoms with Crippen molar-refractivity contribution >= 4 is 11.9 Å². The molecular weight excluding hydrogens is 584 g/mol. The summed E-state index contributed by atoms with van der Waals surface area (Å²) in [4.78, 5) is 30.6. The van der Waals surface area contributed by atoms with E-state index < -0.39 is 0 Å². The predicted molar refractivity (Wildman–Crippen MR) is 188 cm³/mol. The van der Waals surface area contributed by atoms with Crippen molar-refractivity contribution in [1.29, 1.82) is 0 Å². The standard InChI is InChI=1S/C41H50N2O4/c1-32(36-22-13-7-14-23-36)42(30-34-18-9-5-10-19-34)38(28-40(44)46-3)26-17-27-39(29-41(45)47-4)43(31-35-20-11-6-12-21-35)33(2)37-24-15-8-16-25-37/h5-16,18-25,32-33,38-39H,17,26-31H2,1-4H3/t32-,33+,38?,39?. The molecule has 4 aromatic carbocycles. The van der Waals surface area contributed by atoms with Crippen LogP contribution in [0.25, 0.3) is 0 Å². The Morgan fingerprint density at radius 1 is 0.532 bits per heavy atom. The summed E-state index contributed by atoms with van der Waals surface area (Å²) >= 11 is 0. The Hall–Kier alpha value is -4.26. The van der Waals surface area contributed by atoms with Crippen molar-refractivity contribution in [2.45, 2.75) is 83.2 Å². The van der Waals surface area contributed by atoms with Gasteiger partial charge in [0.15, 0.2) is 0 Å². The smallest absolute Gasteiger partial charge is 0.307 e. The predicted octanol–water partition coefficient (Wildman–Crippen LogP) is 8.55. The first kappa shape index (κ1) is 35.6. The summed E-state index contributed by atoms with van der Waals surface area (Å²) in [6, 6.07) is 41.8. The largest absolute Gasteiger partial charge is 0.469 e. The Balaban J connectivity index is 1.62. The van der Waals surface area contributed by atoms with Crippen molar-refractivity contribution < 1.29 is 19.1 Å². The minimum atomic E-state index is -0.220. The van der Waals surface area contributed by atoms with Gasteiger partial charge in [-0.25, -0.2) is 0 Å². The molecule has 0 saturated carbocycles. The number of rotatable bonds is 18. The number of methoxy groups -OCH3 is 2. The summed E-state index contributed by atoms with van der Waals surface area (Å²) in [6.07, 6.45) is 2.95. The average Bonchev–Trinajstić information content (AvgIpc) is 3.13. The Labute approximate surface area is 281 Å². The van der Waals surface area contributed by atoms with Crippen LogP contribution in [0.1, 0.15) is 80.3 Å². The molecular formula is C41H50N2O4. The molecule has 0 N–H and O–H groups in total. The Kier molecular flexibility index (Phi) is 14.2. The van der Waals surface area contributed by atoms with Crippen LogP contribution in [0.5, 0.6) is 0 Å². The van der Waals surface area contributed by atoms with E-state index in [1.807, 2.05) is 24.3 Å². The third-order valence-corrected chi connectivity index (χ3v) is 9.25. The summed E-state index contributed by atoms with van der Waals surface area (Å²) in [7, 11) is 2.92. The number of hydrogen-bond acceptors (Lipinski definition) is 6. The van der Waals surface area contributed by atoms with E-state index >= 15 is 0 Å². The zero-order chi connectivity index (χ0) is 33.4. The maximum atomic E-state index is 12.9. The molecule has 0 fully saturated rings. The fraction of sp³-hybridized carbons (Fsp3) is 0.366. The van der Waals surface area contributed by atoms with Gasteiger partial charge in [0.2, 0.25) is 0 Å². The van der Waals surface area contributed by atoms with Crippen LogP contribution in [0.3, 0.4) is 0 Å². The molecule has 6 heteroatoms. The van der Waals surface area contributed by atoms with Gasteiger partial charge >= 0.3 is 11.9 Å².